The molecule has 7 heteroatoms. The van der Waals surface area contributed by atoms with Gasteiger partial charge >= 0.3 is 6.09 Å². The lowest BCUT2D eigenvalue weighted by atomic mass is 9.97. The van der Waals surface area contributed by atoms with Crippen LogP contribution in [0, 0.1) is 0 Å². The Hall–Kier alpha value is -2.80. The average Bonchev–Trinajstić information content (AvgIpc) is 2.71. The van der Waals surface area contributed by atoms with Gasteiger partial charge in [0.1, 0.15) is 24.0 Å². The van der Waals surface area contributed by atoms with E-state index in [9.17, 15) is 14.7 Å². The summed E-state index contributed by atoms with van der Waals surface area (Å²) < 4.78 is 13.0. The van der Waals surface area contributed by atoms with E-state index in [1.54, 1.807) is 0 Å². The van der Waals surface area contributed by atoms with Crippen molar-refractivity contribution in [3.05, 3.63) is 64.1 Å². The standard InChI is InChI=1S/C24H32N2O5/c1-5-6-12-18-15-20(28)21-22(30-16-17-10-8-7-9-11-17)19(27)13-14-25(21)26(18)23(29)31-24(2,3)4/h7-11,13-14,18,20,28H,5-6,12,15-16H2,1-4H3. The number of nitrogens with zero attached hydrogens (tertiary/aromatic N) is 2. The summed E-state index contributed by atoms with van der Waals surface area (Å²) in [5, 5.41) is 12.5. The van der Waals surface area contributed by atoms with E-state index in [-0.39, 0.29) is 29.5 Å². The molecule has 0 bridgehead atoms. The number of pyridine rings is 1. The van der Waals surface area contributed by atoms with E-state index in [0.717, 1.165) is 24.8 Å². The number of hydrogen-bond donors (Lipinski definition) is 1. The number of amides is 1. The Labute approximate surface area is 183 Å². The van der Waals surface area contributed by atoms with Crippen molar-refractivity contribution in [2.75, 3.05) is 5.01 Å². The summed E-state index contributed by atoms with van der Waals surface area (Å²) >= 11 is 0. The summed E-state index contributed by atoms with van der Waals surface area (Å²) in [6, 6.07) is 10.6. The Kier molecular flexibility index (Phi) is 7.05. The van der Waals surface area contributed by atoms with Gasteiger partial charge in [0.15, 0.2) is 5.75 Å². The molecule has 1 N–H and O–H groups in total. The first-order valence-corrected chi connectivity index (χ1v) is 10.8. The normalized spacial score (nSPS) is 18.4. The highest BCUT2D eigenvalue weighted by molar-refractivity contribution is 5.80. The predicted octanol–water partition coefficient (Wildman–Crippen LogP) is 4.30. The summed E-state index contributed by atoms with van der Waals surface area (Å²) in [5.74, 6) is 0.0568. The summed E-state index contributed by atoms with van der Waals surface area (Å²) in [6.45, 7) is 7.70. The topological polar surface area (TPSA) is 81.0 Å². The summed E-state index contributed by atoms with van der Waals surface area (Å²) in [7, 11) is 0. The van der Waals surface area contributed by atoms with Crippen LogP contribution in [0.4, 0.5) is 4.79 Å². The Bertz CT molecular complexity index is 949. The van der Waals surface area contributed by atoms with E-state index < -0.39 is 17.8 Å². The minimum atomic E-state index is -0.930. The number of ether oxygens (including phenoxy) is 2. The van der Waals surface area contributed by atoms with Crippen molar-refractivity contribution in [1.82, 2.24) is 4.68 Å². The van der Waals surface area contributed by atoms with Crippen LogP contribution >= 0.6 is 0 Å². The zero-order chi connectivity index (χ0) is 22.6. The molecule has 2 heterocycles. The smallest absolute Gasteiger partial charge is 0.429 e. The van der Waals surface area contributed by atoms with Gasteiger partial charge in [0, 0.05) is 18.7 Å². The van der Waals surface area contributed by atoms with Gasteiger partial charge in [-0.3, -0.25) is 9.47 Å². The molecular weight excluding hydrogens is 396 g/mol. The Morgan fingerprint density at radius 1 is 1.19 bits per heavy atom. The molecule has 0 saturated carbocycles. The number of aromatic nitrogens is 1. The molecule has 168 valence electrons. The third-order valence-corrected chi connectivity index (χ3v) is 5.16. The van der Waals surface area contributed by atoms with Crippen LogP contribution in [0.2, 0.25) is 0 Å². The van der Waals surface area contributed by atoms with Crippen molar-refractivity contribution in [3.63, 3.8) is 0 Å². The van der Waals surface area contributed by atoms with Gasteiger partial charge in [0.25, 0.3) is 0 Å². The van der Waals surface area contributed by atoms with Crippen LogP contribution in [0.15, 0.2) is 47.4 Å². The number of carbonyl (C=O) groups is 1. The van der Waals surface area contributed by atoms with E-state index in [1.807, 2.05) is 51.1 Å². The Morgan fingerprint density at radius 3 is 2.55 bits per heavy atom. The summed E-state index contributed by atoms with van der Waals surface area (Å²) in [4.78, 5) is 25.7. The second kappa shape index (κ2) is 9.56. The van der Waals surface area contributed by atoms with Gasteiger partial charge in [-0.25, -0.2) is 9.80 Å². The molecule has 1 aromatic heterocycles. The van der Waals surface area contributed by atoms with E-state index >= 15 is 0 Å². The zero-order valence-corrected chi connectivity index (χ0v) is 18.7. The number of carbonyl (C=O) groups excluding carboxylic acids is 1. The molecule has 1 aromatic carbocycles. The first-order valence-electron chi connectivity index (χ1n) is 10.8. The fourth-order valence-corrected chi connectivity index (χ4v) is 3.76. The van der Waals surface area contributed by atoms with Gasteiger partial charge in [-0.2, -0.15) is 0 Å². The van der Waals surface area contributed by atoms with Crippen molar-refractivity contribution in [2.24, 2.45) is 0 Å². The highest BCUT2D eigenvalue weighted by Crippen LogP contribution is 2.34. The van der Waals surface area contributed by atoms with Gasteiger partial charge in [-0.05, 0) is 32.8 Å². The molecule has 0 saturated heterocycles. The third kappa shape index (κ3) is 5.47. The minimum Gasteiger partial charge on any atom is -0.483 e. The van der Waals surface area contributed by atoms with E-state index in [1.165, 1.54) is 21.9 Å². The molecule has 1 aliphatic rings. The van der Waals surface area contributed by atoms with Gasteiger partial charge in [-0.15, -0.1) is 0 Å². The third-order valence-electron chi connectivity index (χ3n) is 5.16. The van der Waals surface area contributed by atoms with Gasteiger partial charge in [0.05, 0.1) is 6.04 Å². The minimum absolute atomic E-state index is 0.0568. The molecule has 0 fully saturated rings. The van der Waals surface area contributed by atoms with Crippen LogP contribution in [0.3, 0.4) is 0 Å². The molecule has 0 radical (unpaired) electrons. The number of aliphatic hydroxyl groups is 1. The van der Waals surface area contributed by atoms with Crippen LogP contribution in [0.25, 0.3) is 0 Å². The zero-order valence-electron chi connectivity index (χ0n) is 18.7. The number of rotatable bonds is 6. The molecule has 1 amide bonds. The van der Waals surface area contributed by atoms with Crippen molar-refractivity contribution in [2.45, 2.75) is 77.7 Å². The lowest BCUT2D eigenvalue weighted by molar-refractivity contribution is 0.0432. The van der Waals surface area contributed by atoms with Gasteiger partial charge < -0.3 is 14.6 Å². The Balaban J connectivity index is 2.00. The average molecular weight is 429 g/mol. The summed E-state index contributed by atoms with van der Waals surface area (Å²) in [5.41, 5.74) is 0.174. The largest absolute Gasteiger partial charge is 0.483 e. The molecule has 0 aliphatic carbocycles. The molecule has 31 heavy (non-hydrogen) atoms. The quantitative estimate of drug-likeness (QED) is 0.742. The van der Waals surface area contributed by atoms with Gasteiger partial charge in [0.2, 0.25) is 5.43 Å². The molecule has 2 unspecified atom stereocenters. The maximum absolute atomic E-state index is 13.1. The van der Waals surface area contributed by atoms with E-state index in [0.29, 0.717) is 6.42 Å². The van der Waals surface area contributed by atoms with E-state index in [2.05, 4.69) is 6.92 Å². The van der Waals surface area contributed by atoms with Gasteiger partial charge in [-0.1, -0.05) is 50.1 Å². The van der Waals surface area contributed by atoms with Crippen molar-refractivity contribution in [1.29, 1.82) is 0 Å². The molecule has 3 rings (SSSR count). The second-order valence-electron chi connectivity index (χ2n) is 8.89. The van der Waals surface area contributed by atoms with Crippen LogP contribution < -0.4 is 15.2 Å². The van der Waals surface area contributed by atoms with Crippen LogP contribution in [0.5, 0.6) is 5.75 Å². The molecule has 2 aromatic rings. The number of aliphatic hydroxyl groups excluding tert-OH is 1. The highest BCUT2D eigenvalue weighted by atomic mass is 16.6. The van der Waals surface area contributed by atoms with Crippen molar-refractivity contribution >= 4 is 6.09 Å². The Morgan fingerprint density at radius 2 is 1.90 bits per heavy atom. The second-order valence-corrected chi connectivity index (χ2v) is 8.89. The number of fused-ring (bicyclic) bond motifs is 1. The van der Waals surface area contributed by atoms with Crippen molar-refractivity contribution < 1.29 is 19.4 Å². The first kappa shape index (κ1) is 22.9. The molecule has 2 atom stereocenters. The fraction of sp³-hybridized carbons (Fsp3) is 0.500. The SMILES string of the molecule is CCCCC1CC(O)c2c(OCc3ccccc3)c(=O)ccn2N1C(=O)OC(C)(C)C. The van der Waals surface area contributed by atoms with Crippen LogP contribution in [-0.2, 0) is 11.3 Å². The molecule has 1 aliphatic heterocycles. The highest BCUT2D eigenvalue weighted by Gasteiger charge is 2.39. The number of unbranched alkanes of at least 4 members (excludes halogenated alkanes) is 1. The lowest BCUT2D eigenvalue weighted by Crippen LogP contribution is -2.54. The first-order chi connectivity index (χ1) is 14.7. The van der Waals surface area contributed by atoms with Crippen LogP contribution in [0.1, 0.15) is 70.7 Å². The molecular formula is C24H32N2O5. The lowest BCUT2D eigenvalue weighted by Gasteiger charge is -2.41. The van der Waals surface area contributed by atoms with Crippen molar-refractivity contribution in [3.8, 4) is 5.75 Å². The maximum Gasteiger partial charge on any atom is 0.429 e. The monoisotopic (exact) mass is 428 g/mol. The number of hydrogen-bond acceptors (Lipinski definition) is 5. The summed E-state index contributed by atoms with van der Waals surface area (Å²) in [6.07, 6.45) is 2.97. The predicted molar refractivity (Wildman–Crippen MR) is 119 cm³/mol. The maximum atomic E-state index is 13.1. The number of benzene rings is 1. The van der Waals surface area contributed by atoms with Crippen LogP contribution in [-0.4, -0.2) is 27.5 Å². The van der Waals surface area contributed by atoms with E-state index in [4.69, 9.17) is 9.47 Å². The fourth-order valence-electron chi connectivity index (χ4n) is 3.76. The molecule has 0 spiro atoms. The molecule has 7 nitrogen and oxygen atoms in total.